The van der Waals surface area contributed by atoms with Gasteiger partial charge < -0.3 is 0 Å². The van der Waals surface area contributed by atoms with E-state index in [9.17, 15) is 0 Å². The Balaban J connectivity index is 2.64. The minimum atomic E-state index is 0.103. The largest absolute Gasteiger partial charge is 0.284 e. The van der Waals surface area contributed by atoms with Gasteiger partial charge in [-0.2, -0.15) is 5.26 Å². The second-order valence-corrected chi connectivity index (χ2v) is 3.97. The monoisotopic (exact) mass is 178 g/mol. The van der Waals surface area contributed by atoms with Gasteiger partial charge in [0.25, 0.3) is 0 Å². The van der Waals surface area contributed by atoms with E-state index in [0.29, 0.717) is 5.92 Å². The van der Waals surface area contributed by atoms with E-state index >= 15 is 0 Å². The summed E-state index contributed by atoms with van der Waals surface area (Å²) in [6.07, 6.45) is 3.23. The van der Waals surface area contributed by atoms with Crippen LogP contribution in [0.3, 0.4) is 0 Å². The lowest BCUT2D eigenvalue weighted by Gasteiger charge is -2.32. The van der Waals surface area contributed by atoms with Gasteiger partial charge in [-0.15, -0.1) is 0 Å². The normalized spacial score (nSPS) is 26.3. The van der Waals surface area contributed by atoms with Crippen molar-refractivity contribution in [3.8, 4) is 6.07 Å². The summed E-state index contributed by atoms with van der Waals surface area (Å²) in [7, 11) is 0. The number of hydrogen-bond acceptors (Lipinski definition) is 2. The topological polar surface area (TPSA) is 27.0 Å². The standard InChI is InChI=1S/C11H18N2/c1-4-11(6-12)13-7-9(2)5-10(3)8-13/h5,9,11H,4,7-8H2,1-3H3. The fourth-order valence-electron chi connectivity index (χ4n) is 2.01. The summed E-state index contributed by atoms with van der Waals surface area (Å²) in [5.74, 6) is 0.594. The highest BCUT2D eigenvalue weighted by atomic mass is 15.2. The highest BCUT2D eigenvalue weighted by molar-refractivity contribution is 5.10. The van der Waals surface area contributed by atoms with Crippen molar-refractivity contribution in [1.29, 1.82) is 5.26 Å². The van der Waals surface area contributed by atoms with E-state index in [4.69, 9.17) is 5.26 Å². The van der Waals surface area contributed by atoms with Gasteiger partial charge in [-0.25, -0.2) is 0 Å². The van der Waals surface area contributed by atoms with Crippen molar-refractivity contribution in [3.63, 3.8) is 0 Å². The molecule has 0 bridgehead atoms. The second-order valence-electron chi connectivity index (χ2n) is 3.97. The lowest BCUT2D eigenvalue weighted by molar-refractivity contribution is 0.217. The number of hydrogen-bond donors (Lipinski definition) is 0. The molecule has 13 heavy (non-hydrogen) atoms. The minimum absolute atomic E-state index is 0.103. The van der Waals surface area contributed by atoms with Crippen molar-refractivity contribution in [1.82, 2.24) is 4.90 Å². The third-order valence-corrected chi connectivity index (χ3v) is 2.52. The van der Waals surface area contributed by atoms with E-state index in [1.54, 1.807) is 0 Å². The first-order valence-corrected chi connectivity index (χ1v) is 4.98. The molecule has 0 saturated heterocycles. The Morgan fingerprint density at radius 2 is 2.46 bits per heavy atom. The SMILES string of the molecule is CCC(C#N)N1CC(C)=CC(C)C1. The third-order valence-electron chi connectivity index (χ3n) is 2.52. The predicted octanol–water partition coefficient (Wildman–Crippen LogP) is 2.19. The summed E-state index contributed by atoms with van der Waals surface area (Å²) in [5, 5.41) is 8.94. The van der Waals surface area contributed by atoms with Gasteiger partial charge in [-0.3, -0.25) is 4.90 Å². The van der Waals surface area contributed by atoms with E-state index in [1.807, 2.05) is 0 Å². The molecule has 0 radical (unpaired) electrons. The Kier molecular flexibility index (Phi) is 3.50. The molecule has 1 aliphatic heterocycles. The molecule has 0 N–H and O–H groups in total. The van der Waals surface area contributed by atoms with Crippen LogP contribution in [0, 0.1) is 17.2 Å². The molecule has 0 aliphatic carbocycles. The second kappa shape index (κ2) is 4.43. The zero-order valence-corrected chi connectivity index (χ0v) is 8.75. The van der Waals surface area contributed by atoms with Gasteiger partial charge in [0.15, 0.2) is 0 Å². The van der Waals surface area contributed by atoms with Crippen molar-refractivity contribution in [2.24, 2.45) is 5.92 Å². The van der Waals surface area contributed by atoms with E-state index in [-0.39, 0.29) is 6.04 Å². The molecular formula is C11H18N2. The zero-order chi connectivity index (χ0) is 9.84. The molecule has 0 fully saturated rings. The average molecular weight is 178 g/mol. The van der Waals surface area contributed by atoms with Gasteiger partial charge in [0.05, 0.1) is 12.1 Å². The summed E-state index contributed by atoms with van der Waals surface area (Å²) in [5.41, 5.74) is 1.40. The van der Waals surface area contributed by atoms with Crippen molar-refractivity contribution >= 4 is 0 Å². The number of nitrogens with zero attached hydrogens (tertiary/aromatic N) is 2. The van der Waals surface area contributed by atoms with Crippen LogP contribution < -0.4 is 0 Å². The summed E-state index contributed by atoms with van der Waals surface area (Å²) < 4.78 is 0. The highest BCUT2D eigenvalue weighted by Gasteiger charge is 2.21. The van der Waals surface area contributed by atoms with Crippen LogP contribution in [0.15, 0.2) is 11.6 Å². The molecule has 1 heterocycles. The van der Waals surface area contributed by atoms with Crippen LogP contribution in [-0.2, 0) is 0 Å². The molecule has 2 atom stereocenters. The highest BCUT2D eigenvalue weighted by Crippen LogP contribution is 2.17. The molecule has 0 amide bonds. The maximum absolute atomic E-state index is 8.94. The summed E-state index contributed by atoms with van der Waals surface area (Å²) >= 11 is 0. The maximum Gasteiger partial charge on any atom is 0.0978 e. The van der Waals surface area contributed by atoms with Gasteiger partial charge in [0, 0.05) is 13.1 Å². The molecule has 2 unspecified atom stereocenters. The summed E-state index contributed by atoms with van der Waals surface area (Å²) in [6, 6.07) is 2.46. The van der Waals surface area contributed by atoms with E-state index in [2.05, 4.69) is 37.8 Å². The van der Waals surface area contributed by atoms with Crippen molar-refractivity contribution in [2.75, 3.05) is 13.1 Å². The Hall–Kier alpha value is -0.810. The van der Waals surface area contributed by atoms with E-state index in [0.717, 1.165) is 19.5 Å². The molecule has 0 aromatic carbocycles. The van der Waals surface area contributed by atoms with Crippen LogP contribution in [0.2, 0.25) is 0 Å². The van der Waals surface area contributed by atoms with Crippen LogP contribution in [0.1, 0.15) is 27.2 Å². The molecule has 0 spiro atoms. The molecule has 1 aliphatic rings. The number of nitriles is 1. The lowest BCUT2D eigenvalue weighted by Crippen LogP contribution is -2.40. The van der Waals surface area contributed by atoms with Crippen LogP contribution in [0.5, 0.6) is 0 Å². The first kappa shape index (κ1) is 10.3. The molecule has 2 nitrogen and oxygen atoms in total. The predicted molar refractivity (Wildman–Crippen MR) is 54.2 cm³/mol. The number of rotatable bonds is 2. The van der Waals surface area contributed by atoms with Crippen molar-refractivity contribution in [3.05, 3.63) is 11.6 Å². The first-order chi connectivity index (χ1) is 6.17. The maximum atomic E-state index is 8.94. The molecule has 2 heteroatoms. The fraction of sp³-hybridized carbons (Fsp3) is 0.727. The van der Waals surface area contributed by atoms with Crippen molar-refractivity contribution < 1.29 is 0 Å². The van der Waals surface area contributed by atoms with E-state index in [1.165, 1.54) is 5.57 Å². The molecule has 0 saturated carbocycles. The van der Waals surface area contributed by atoms with Gasteiger partial charge >= 0.3 is 0 Å². The molecular weight excluding hydrogens is 160 g/mol. The molecule has 1 rings (SSSR count). The van der Waals surface area contributed by atoms with Gasteiger partial charge in [0.2, 0.25) is 0 Å². The molecule has 72 valence electrons. The Bertz CT molecular complexity index is 237. The molecule has 0 aromatic heterocycles. The van der Waals surface area contributed by atoms with Crippen LogP contribution in [0.25, 0.3) is 0 Å². The Morgan fingerprint density at radius 3 is 2.92 bits per heavy atom. The minimum Gasteiger partial charge on any atom is -0.284 e. The van der Waals surface area contributed by atoms with Crippen LogP contribution in [0.4, 0.5) is 0 Å². The quantitative estimate of drug-likeness (QED) is 0.606. The smallest absolute Gasteiger partial charge is 0.0978 e. The van der Waals surface area contributed by atoms with Crippen LogP contribution in [-0.4, -0.2) is 24.0 Å². The van der Waals surface area contributed by atoms with Gasteiger partial charge in [-0.1, -0.05) is 25.5 Å². The van der Waals surface area contributed by atoms with E-state index < -0.39 is 0 Å². The van der Waals surface area contributed by atoms with Gasteiger partial charge in [0.1, 0.15) is 0 Å². The Morgan fingerprint density at radius 1 is 1.77 bits per heavy atom. The summed E-state index contributed by atoms with van der Waals surface area (Å²) in [4.78, 5) is 2.28. The first-order valence-electron chi connectivity index (χ1n) is 4.98. The molecule has 0 aromatic rings. The third kappa shape index (κ3) is 2.57. The summed E-state index contributed by atoms with van der Waals surface area (Å²) in [6.45, 7) is 8.43. The Labute approximate surface area is 80.8 Å². The zero-order valence-electron chi connectivity index (χ0n) is 8.75. The average Bonchev–Trinajstić information content (AvgIpc) is 2.04. The van der Waals surface area contributed by atoms with Gasteiger partial charge in [-0.05, 0) is 19.3 Å². The van der Waals surface area contributed by atoms with Crippen molar-refractivity contribution in [2.45, 2.75) is 33.2 Å². The fourth-order valence-corrected chi connectivity index (χ4v) is 2.01. The van der Waals surface area contributed by atoms with Crippen LogP contribution >= 0.6 is 0 Å². The lowest BCUT2D eigenvalue weighted by atomic mass is 10.0.